The quantitative estimate of drug-likeness (QED) is 0.158. The molecule has 0 spiro atoms. The lowest BCUT2D eigenvalue weighted by molar-refractivity contribution is -0.163. The molecule has 2 aliphatic heterocycles. The number of fused-ring (bicyclic) bond motifs is 1. The number of ketones is 2. The maximum Gasteiger partial charge on any atom is 0.329 e. The Balaban J connectivity index is 1.94. The monoisotopic (exact) mass is 898 g/mol. The fourth-order valence-corrected chi connectivity index (χ4v) is 9.67. The molecule has 1 saturated heterocycles. The normalized spacial score (nSPS) is 39.3. The van der Waals surface area contributed by atoms with Crippen LogP contribution in [-0.2, 0) is 28.7 Å². The molecule has 11 heteroatoms. The predicted octanol–water partition coefficient (Wildman–Crippen LogP) is 8.80. The molecule has 3 rings (SSSR count). The average Bonchev–Trinajstić information content (AvgIpc) is 3.72. The summed E-state index contributed by atoms with van der Waals surface area (Å²) in [6.07, 6.45) is 14.5. The molecule has 2 fully saturated rings. The Hall–Kier alpha value is -2.96. The minimum Gasteiger partial charge on any atom is -0.460 e. The molecule has 1 amide bonds. The summed E-state index contributed by atoms with van der Waals surface area (Å²) in [4.78, 5) is 56.9. The van der Waals surface area contributed by atoms with Crippen LogP contribution in [0.25, 0.3) is 0 Å². The Morgan fingerprint density at radius 2 is 1.52 bits per heavy atom. The Kier molecular flexibility index (Phi) is 21.8. The number of cyclic esters (lactones) is 1. The molecule has 0 aromatic rings. The van der Waals surface area contributed by atoms with Crippen LogP contribution in [0, 0.1) is 41.4 Å². The van der Waals surface area contributed by atoms with Crippen molar-refractivity contribution in [3.63, 3.8) is 0 Å². The number of nitrogens with zero attached hydrogens (tertiary/aromatic N) is 1. The van der Waals surface area contributed by atoms with Crippen LogP contribution in [-0.4, -0.2) is 103 Å². The van der Waals surface area contributed by atoms with Crippen molar-refractivity contribution < 1.29 is 49.1 Å². The Labute approximate surface area is 386 Å². The molecule has 1 unspecified atom stereocenters. The highest BCUT2D eigenvalue weighted by Crippen LogP contribution is 2.35. The Morgan fingerprint density at radius 1 is 0.859 bits per heavy atom. The Bertz CT molecular complexity index is 1650. The molecule has 3 aliphatic rings. The summed E-state index contributed by atoms with van der Waals surface area (Å²) in [5.74, 6) is -2.64. The number of carbonyl (C=O) groups is 4. The van der Waals surface area contributed by atoms with E-state index in [0.717, 1.165) is 31.3 Å². The van der Waals surface area contributed by atoms with E-state index in [0.29, 0.717) is 63.0 Å². The second-order valence-corrected chi connectivity index (χ2v) is 21.6. The summed E-state index contributed by atoms with van der Waals surface area (Å²) in [5, 5.41) is 44.0. The number of hydrogen-bond donors (Lipinski definition) is 4. The number of ether oxygens (including phenoxy) is 2. The van der Waals surface area contributed by atoms with Crippen molar-refractivity contribution in [2.75, 3.05) is 6.54 Å². The van der Waals surface area contributed by atoms with Crippen LogP contribution < -0.4 is 0 Å². The second-order valence-electron chi connectivity index (χ2n) is 21.6. The summed E-state index contributed by atoms with van der Waals surface area (Å²) >= 11 is 0. The fraction of sp³-hybridized carbons (Fsp3) is 0.774. The molecule has 12 atom stereocenters. The topological polar surface area (TPSA) is 171 Å². The number of allylic oxidation sites excluding steroid dienone is 6. The van der Waals surface area contributed by atoms with Gasteiger partial charge in [-0.1, -0.05) is 84.4 Å². The van der Waals surface area contributed by atoms with E-state index in [2.05, 4.69) is 19.9 Å². The average molecular weight is 898 g/mol. The molecule has 0 aromatic carbocycles. The van der Waals surface area contributed by atoms with Crippen molar-refractivity contribution in [3.8, 4) is 0 Å². The number of esters is 1. The van der Waals surface area contributed by atoms with E-state index >= 15 is 0 Å². The summed E-state index contributed by atoms with van der Waals surface area (Å²) in [6, 6.07) is -0.835. The first-order chi connectivity index (χ1) is 29.8. The van der Waals surface area contributed by atoms with Gasteiger partial charge in [0.2, 0.25) is 5.91 Å². The van der Waals surface area contributed by atoms with Gasteiger partial charge < -0.3 is 34.8 Å². The van der Waals surface area contributed by atoms with Gasteiger partial charge in [-0.2, -0.15) is 0 Å². The molecule has 364 valence electrons. The second kappa shape index (κ2) is 25.3. The van der Waals surface area contributed by atoms with E-state index in [1.807, 2.05) is 65.8 Å². The number of aliphatic hydroxyl groups excluding tert-OH is 3. The van der Waals surface area contributed by atoms with Gasteiger partial charge >= 0.3 is 5.97 Å². The maximum atomic E-state index is 14.1. The molecule has 1 saturated carbocycles. The molecular weight excluding hydrogens is 811 g/mol. The van der Waals surface area contributed by atoms with Crippen LogP contribution in [0.15, 0.2) is 47.6 Å². The summed E-state index contributed by atoms with van der Waals surface area (Å²) < 4.78 is 12.8. The molecule has 0 bridgehead atoms. The van der Waals surface area contributed by atoms with Crippen molar-refractivity contribution in [3.05, 3.63) is 47.6 Å². The van der Waals surface area contributed by atoms with Crippen LogP contribution >= 0.6 is 0 Å². The van der Waals surface area contributed by atoms with Crippen LogP contribution in [0.1, 0.15) is 167 Å². The van der Waals surface area contributed by atoms with Gasteiger partial charge in [0.05, 0.1) is 29.8 Å². The van der Waals surface area contributed by atoms with Gasteiger partial charge in [-0.25, -0.2) is 4.79 Å². The van der Waals surface area contributed by atoms with Crippen LogP contribution in [0.2, 0.25) is 0 Å². The van der Waals surface area contributed by atoms with Gasteiger partial charge in [-0.15, -0.1) is 0 Å². The fourth-order valence-electron chi connectivity index (χ4n) is 9.67. The van der Waals surface area contributed by atoms with Gasteiger partial charge in [0.1, 0.15) is 30.1 Å². The number of Topliss-reactive ketones (excluding diaryl/α,β-unsaturated/α-hetero) is 2. The number of amides is 1. The van der Waals surface area contributed by atoms with Crippen molar-refractivity contribution in [1.82, 2.24) is 4.90 Å². The molecule has 4 N–H and O–H groups in total. The minimum atomic E-state index is -1.67. The van der Waals surface area contributed by atoms with Gasteiger partial charge in [-0.05, 0) is 146 Å². The third kappa shape index (κ3) is 17.7. The lowest BCUT2D eigenvalue weighted by atomic mass is 9.79. The highest BCUT2D eigenvalue weighted by atomic mass is 16.5. The number of hydrogen-bond acceptors (Lipinski definition) is 10. The molecule has 0 radical (unpaired) electrons. The standard InChI is InChI=1S/C53H87NO10/c1-33-17-14-13-15-18-35(3)46(64-52(9,10)11)28-34(2)20-21-40(8)53(12,62)32-47(57)54-26-16-19-43(54)51(61)63-45(37(5)30-41-22-24-42(55)25-23-41)31-44(56)36(4)29-39(7)49(59)50(60)48(58)38(6)27-33/h13-15,17-18,29,33-34,36-38,40-43,45-46,49-50,55,59-60,62H,16,19-28,30-32H2,1-12H3/b15-13+,17-14+,35-18+,39-29+/t33-,34+,36-,37-,38-,40-,41?,42?,43?,45+,46+,49-,50+,53-/m1/s1. The van der Waals surface area contributed by atoms with Gasteiger partial charge in [0.15, 0.2) is 5.78 Å². The molecular formula is C53H87NO10. The zero-order valence-electron chi connectivity index (χ0n) is 41.6. The van der Waals surface area contributed by atoms with Crippen LogP contribution in [0.4, 0.5) is 0 Å². The van der Waals surface area contributed by atoms with E-state index in [9.17, 15) is 39.6 Å². The maximum absolute atomic E-state index is 14.1. The van der Waals surface area contributed by atoms with E-state index in [4.69, 9.17) is 9.47 Å². The van der Waals surface area contributed by atoms with Crippen LogP contribution in [0.3, 0.4) is 0 Å². The predicted molar refractivity (Wildman–Crippen MR) is 253 cm³/mol. The third-order valence-electron chi connectivity index (χ3n) is 14.3. The summed E-state index contributed by atoms with van der Waals surface area (Å²) in [6.45, 7) is 23.4. The molecule has 64 heavy (non-hydrogen) atoms. The van der Waals surface area contributed by atoms with Crippen molar-refractivity contribution in [2.45, 2.75) is 214 Å². The van der Waals surface area contributed by atoms with E-state index in [1.54, 1.807) is 33.8 Å². The molecule has 0 aromatic heterocycles. The van der Waals surface area contributed by atoms with Crippen LogP contribution in [0.5, 0.6) is 0 Å². The van der Waals surface area contributed by atoms with Gasteiger partial charge in [-0.3, -0.25) is 14.4 Å². The minimum absolute atomic E-state index is 0.0157. The highest BCUT2D eigenvalue weighted by molar-refractivity contribution is 5.87. The number of carbonyl (C=O) groups excluding carboxylic acids is 4. The van der Waals surface area contributed by atoms with Crippen molar-refractivity contribution in [1.29, 1.82) is 0 Å². The van der Waals surface area contributed by atoms with Gasteiger partial charge in [0.25, 0.3) is 0 Å². The van der Waals surface area contributed by atoms with E-state index in [1.165, 1.54) is 4.90 Å². The SMILES string of the molecule is C\C1=C/C=C/C=C/[C@@H](C)C[C@@H](C)C(=O)[C@H](O)[C@H](O)/C(C)=C/[C@@H](C)C(=O)C[C@@H]([C@H](C)CC2CCC(O)CC2)OC(=O)C2CCCN2C(=O)C[C@@](C)(O)[C@H](C)CC[C@H](C)C[C@@H]1OC(C)(C)C. The van der Waals surface area contributed by atoms with E-state index < -0.39 is 53.5 Å². The molecule has 1 aliphatic carbocycles. The molecule has 11 nitrogen and oxygen atoms in total. The molecule has 2 heterocycles. The summed E-state index contributed by atoms with van der Waals surface area (Å²) in [7, 11) is 0. The number of rotatable bonds is 4. The lowest BCUT2D eigenvalue weighted by Crippen LogP contribution is -2.47. The van der Waals surface area contributed by atoms with E-state index in [-0.39, 0.29) is 66.0 Å². The van der Waals surface area contributed by atoms with Gasteiger partial charge in [0, 0.05) is 24.8 Å². The number of aliphatic hydroxyl groups is 4. The smallest absolute Gasteiger partial charge is 0.329 e. The van der Waals surface area contributed by atoms with Crippen molar-refractivity contribution in [2.24, 2.45) is 41.4 Å². The first kappa shape index (κ1) is 55.4. The first-order valence-corrected chi connectivity index (χ1v) is 24.5. The Morgan fingerprint density at radius 3 is 2.16 bits per heavy atom. The zero-order chi connectivity index (χ0) is 48.1. The summed E-state index contributed by atoms with van der Waals surface area (Å²) in [5.41, 5.74) is -0.301. The highest BCUT2D eigenvalue weighted by Gasteiger charge is 2.41. The zero-order valence-corrected chi connectivity index (χ0v) is 41.6. The third-order valence-corrected chi connectivity index (χ3v) is 14.3. The van der Waals surface area contributed by atoms with Crippen molar-refractivity contribution >= 4 is 23.4 Å². The lowest BCUT2D eigenvalue weighted by Gasteiger charge is -2.35. The first-order valence-electron chi connectivity index (χ1n) is 24.5. The largest absolute Gasteiger partial charge is 0.460 e.